The molecule has 0 aliphatic carbocycles. The number of fused-ring (bicyclic) bond motifs is 1. The van der Waals surface area contributed by atoms with Gasteiger partial charge in [-0.1, -0.05) is 30.9 Å². The molecule has 1 aromatic heterocycles. The van der Waals surface area contributed by atoms with Gasteiger partial charge in [-0.15, -0.1) is 5.10 Å². The molecule has 0 fully saturated rings. The number of hydrogen-bond donors (Lipinski definition) is 1. The highest BCUT2D eigenvalue weighted by atomic mass is 16.6. The molecule has 30 heavy (non-hydrogen) atoms. The van der Waals surface area contributed by atoms with Crippen molar-refractivity contribution in [2.75, 3.05) is 25.1 Å². The van der Waals surface area contributed by atoms with E-state index in [0.29, 0.717) is 48.2 Å². The predicted molar refractivity (Wildman–Crippen MR) is 110 cm³/mol. The average molecular weight is 409 g/mol. The van der Waals surface area contributed by atoms with Crippen molar-refractivity contribution in [3.05, 3.63) is 48.0 Å². The van der Waals surface area contributed by atoms with Crippen LogP contribution in [0.1, 0.15) is 36.5 Å². The van der Waals surface area contributed by atoms with Crippen LogP contribution in [0.15, 0.2) is 46.9 Å². The molecule has 1 N–H and O–H groups in total. The zero-order chi connectivity index (χ0) is 20.8. The van der Waals surface area contributed by atoms with Crippen molar-refractivity contribution in [1.29, 1.82) is 0 Å². The number of rotatable bonds is 8. The van der Waals surface area contributed by atoms with E-state index in [1.54, 1.807) is 36.4 Å². The van der Waals surface area contributed by atoms with E-state index >= 15 is 0 Å². The number of ether oxygens (including phenoxy) is 3. The van der Waals surface area contributed by atoms with Gasteiger partial charge >= 0.3 is 6.01 Å². The highest BCUT2D eigenvalue weighted by Crippen LogP contribution is 2.34. The first kappa shape index (κ1) is 19.8. The third-order valence-corrected chi connectivity index (χ3v) is 4.55. The lowest BCUT2D eigenvalue weighted by Gasteiger charge is -2.18. The van der Waals surface area contributed by atoms with E-state index in [2.05, 4.69) is 22.4 Å². The number of benzene rings is 2. The summed E-state index contributed by atoms with van der Waals surface area (Å²) in [6.07, 6.45) is 3.23. The minimum absolute atomic E-state index is 0.0131. The molecule has 1 amide bonds. The number of nitrogens with one attached hydrogen (secondary N) is 1. The number of nitrogens with zero attached hydrogens (tertiary/aromatic N) is 2. The van der Waals surface area contributed by atoms with Crippen LogP contribution in [0.25, 0.3) is 11.5 Å². The van der Waals surface area contributed by atoms with Crippen molar-refractivity contribution >= 4 is 11.9 Å². The molecule has 8 nitrogen and oxygen atoms in total. The Morgan fingerprint density at radius 1 is 1.07 bits per heavy atom. The number of aromatic nitrogens is 2. The third-order valence-electron chi connectivity index (χ3n) is 4.55. The maximum absolute atomic E-state index is 12.5. The third kappa shape index (κ3) is 4.71. The standard InChI is InChI=1S/C22H23N3O5/c1-2-3-4-10-27-17-7-5-6-15(13-17)20(26)23-22-25-24-21(30-22)16-8-9-18-19(14-16)29-12-11-28-18/h5-9,13-14H,2-4,10-12H2,1H3,(H,23,25,26). The van der Waals surface area contributed by atoms with Gasteiger partial charge in [-0.25, -0.2) is 0 Å². The van der Waals surface area contributed by atoms with Gasteiger partial charge in [0.1, 0.15) is 19.0 Å². The van der Waals surface area contributed by atoms with Gasteiger partial charge in [-0.2, -0.15) is 0 Å². The Morgan fingerprint density at radius 3 is 2.80 bits per heavy atom. The second-order valence-corrected chi connectivity index (χ2v) is 6.81. The maximum Gasteiger partial charge on any atom is 0.322 e. The van der Waals surface area contributed by atoms with Gasteiger partial charge in [0.25, 0.3) is 5.91 Å². The average Bonchev–Trinajstić information content (AvgIpc) is 3.25. The zero-order valence-electron chi connectivity index (χ0n) is 16.7. The van der Waals surface area contributed by atoms with Crippen molar-refractivity contribution in [3.63, 3.8) is 0 Å². The molecule has 0 radical (unpaired) electrons. The van der Waals surface area contributed by atoms with E-state index in [9.17, 15) is 4.79 Å². The van der Waals surface area contributed by atoms with Crippen molar-refractivity contribution in [2.24, 2.45) is 0 Å². The van der Waals surface area contributed by atoms with E-state index in [4.69, 9.17) is 18.6 Å². The minimum atomic E-state index is -0.355. The smallest absolute Gasteiger partial charge is 0.322 e. The molecule has 0 spiro atoms. The van der Waals surface area contributed by atoms with Crippen molar-refractivity contribution in [1.82, 2.24) is 10.2 Å². The molecule has 4 rings (SSSR count). The van der Waals surface area contributed by atoms with Crippen LogP contribution in [-0.4, -0.2) is 35.9 Å². The monoisotopic (exact) mass is 409 g/mol. The Bertz CT molecular complexity index is 1020. The van der Waals surface area contributed by atoms with E-state index < -0.39 is 0 Å². The first-order valence-electron chi connectivity index (χ1n) is 10.0. The second-order valence-electron chi connectivity index (χ2n) is 6.81. The Hall–Kier alpha value is -3.55. The summed E-state index contributed by atoms with van der Waals surface area (Å²) < 4.78 is 22.4. The fourth-order valence-corrected chi connectivity index (χ4v) is 3.01. The Morgan fingerprint density at radius 2 is 1.93 bits per heavy atom. The largest absolute Gasteiger partial charge is 0.494 e. The van der Waals surface area contributed by atoms with Gasteiger partial charge in [-0.3, -0.25) is 10.1 Å². The molecule has 2 aromatic carbocycles. The SMILES string of the molecule is CCCCCOc1cccc(C(=O)Nc2nnc(-c3ccc4c(c3)OCCO4)o2)c1. The first-order chi connectivity index (χ1) is 14.7. The summed E-state index contributed by atoms with van der Waals surface area (Å²) in [4.78, 5) is 12.5. The predicted octanol–water partition coefficient (Wildman–Crippen LogP) is 4.33. The van der Waals surface area contributed by atoms with Crippen LogP contribution in [-0.2, 0) is 0 Å². The number of amides is 1. The number of carbonyl (C=O) groups excluding carboxylic acids is 1. The molecule has 0 unspecified atom stereocenters. The number of anilines is 1. The van der Waals surface area contributed by atoms with Gasteiger partial charge in [0.15, 0.2) is 11.5 Å². The van der Waals surface area contributed by atoms with Crippen LogP contribution in [0, 0.1) is 0 Å². The fraction of sp³-hybridized carbons (Fsp3) is 0.318. The second kappa shape index (κ2) is 9.30. The summed E-state index contributed by atoms with van der Waals surface area (Å²) in [5.74, 6) is 1.87. The van der Waals surface area contributed by atoms with Gasteiger partial charge < -0.3 is 18.6 Å². The quantitative estimate of drug-likeness (QED) is 0.553. The molecule has 156 valence electrons. The molecule has 2 heterocycles. The number of hydrogen-bond acceptors (Lipinski definition) is 7. The van der Waals surface area contributed by atoms with Gasteiger partial charge in [0, 0.05) is 11.1 Å². The minimum Gasteiger partial charge on any atom is -0.494 e. The lowest BCUT2D eigenvalue weighted by molar-refractivity contribution is 0.102. The Labute approximate surface area is 174 Å². The molecular formula is C22H23N3O5. The van der Waals surface area contributed by atoms with Crippen LogP contribution in [0.5, 0.6) is 17.2 Å². The maximum atomic E-state index is 12.5. The molecule has 0 saturated carbocycles. The van der Waals surface area contributed by atoms with E-state index in [0.717, 1.165) is 19.3 Å². The van der Waals surface area contributed by atoms with E-state index in [1.807, 2.05) is 6.07 Å². The summed E-state index contributed by atoms with van der Waals surface area (Å²) in [5, 5.41) is 10.5. The molecule has 8 heteroatoms. The van der Waals surface area contributed by atoms with Crippen LogP contribution < -0.4 is 19.5 Å². The zero-order valence-corrected chi connectivity index (χ0v) is 16.7. The Balaban J connectivity index is 1.41. The normalized spacial score (nSPS) is 12.4. The highest BCUT2D eigenvalue weighted by Gasteiger charge is 2.17. The molecule has 0 saturated heterocycles. The van der Waals surface area contributed by atoms with Crippen LogP contribution in [0.3, 0.4) is 0 Å². The molecule has 0 bridgehead atoms. The van der Waals surface area contributed by atoms with Gasteiger partial charge in [0.05, 0.1) is 6.61 Å². The highest BCUT2D eigenvalue weighted by molar-refractivity contribution is 6.03. The molecule has 3 aromatic rings. The van der Waals surface area contributed by atoms with E-state index in [-0.39, 0.29) is 17.8 Å². The van der Waals surface area contributed by atoms with Crippen LogP contribution in [0.2, 0.25) is 0 Å². The first-order valence-corrected chi connectivity index (χ1v) is 10.0. The van der Waals surface area contributed by atoms with E-state index in [1.165, 1.54) is 0 Å². The summed E-state index contributed by atoms with van der Waals surface area (Å²) in [6.45, 7) is 3.78. The Kier molecular flexibility index (Phi) is 6.12. The molecular weight excluding hydrogens is 386 g/mol. The van der Waals surface area contributed by atoms with Crippen LogP contribution >= 0.6 is 0 Å². The summed E-state index contributed by atoms with van der Waals surface area (Å²) in [5.41, 5.74) is 1.12. The van der Waals surface area contributed by atoms with Gasteiger partial charge in [-0.05, 0) is 42.8 Å². The summed E-state index contributed by atoms with van der Waals surface area (Å²) in [7, 11) is 0. The lowest BCUT2D eigenvalue weighted by Crippen LogP contribution is -2.15. The summed E-state index contributed by atoms with van der Waals surface area (Å²) in [6, 6.07) is 12.4. The summed E-state index contributed by atoms with van der Waals surface area (Å²) >= 11 is 0. The fourth-order valence-electron chi connectivity index (χ4n) is 3.01. The van der Waals surface area contributed by atoms with Gasteiger partial charge in [0.2, 0.25) is 5.89 Å². The topological polar surface area (TPSA) is 95.7 Å². The number of unbranched alkanes of at least 4 members (excludes halogenated alkanes) is 2. The lowest BCUT2D eigenvalue weighted by atomic mass is 10.2. The molecule has 0 atom stereocenters. The van der Waals surface area contributed by atoms with Crippen LogP contribution in [0.4, 0.5) is 6.01 Å². The van der Waals surface area contributed by atoms with Crippen molar-refractivity contribution in [2.45, 2.75) is 26.2 Å². The molecule has 1 aliphatic rings. The number of carbonyl (C=O) groups is 1. The molecule has 1 aliphatic heterocycles. The van der Waals surface area contributed by atoms with Crippen molar-refractivity contribution in [3.8, 4) is 28.7 Å². The van der Waals surface area contributed by atoms with Crippen molar-refractivity contribution < 1.29 is 23.4 Å².